The summed E-state index contributed by atoms with van der Waals surface area (Å²) in [7, 11) is 0. The van der Waals surface area contributed by atoms with E-state index in [4.69, 9.17) is 28.8 Å². The van der Waals surface area contributed by atoms with Gasteiger partial charge in [0, 0.05) is 27.6 Å². The third kappa shape index (κ3) is 6.29. The van der Waals surface area contributed by atoms with Crippen LogP contribution >= 0.6 is 0 Å². The van der Waals surface area contributed by atoms with Crippen LogP contribution in [0.5, 0.6) is 0 Å². The van der Waals surface area contributed by atoms with Crippen molar-refractivity contribution in [2.24, 2.45) is 0 Å². The van der Waals surface area contributed by atoms with E-state index in [1.165, 1.54) is 0 Å². The van der Waals surface area contributed by atoms with Crippen LogP contribution in [0.3, 0.4) is 0 Å². The number of hydrogen-bond donors (Lipinski definition) is 0. The van der Waals surface area contributed by atoms with Crippen molar-refractivity contribution in [3.8, 4) is 67.9 Å². The third-order valence-corrected chi connectivity index (χ3v) is 14.3. The Kier molecular flexibility index (Phi) is 8.86. The average molecular weight is 919 g/mol. The zero-order chi connectivity index (χ0) is 47.3. The zero-order valence-electron chi connectivity index (χ0n) is 38.5. The van der Waals surface area contributed by atoms with Crippen LogP contribution in [0, 0.1) is 0 Å². The van der Waals surface area contributed by atoms with E-state index in [0.29, 0.717) is 28.9 Å². The molecule has 0 bridgehead atoms. The summed E-state index contributed by atoms with van der Waals surface area (Å²) in [5.41, 5.74) is 11.2. The predicted octanol–water partition coefficient (Wildman–Crippen LogP) is 17.7. The van der Waals surface area contributed by atoms with Crippen molar-refractivity contribution in [2.45, 2.75) is 0 Å². The maximum atomic E-state index is 6.57. The Hall–Kier alpha value is -9.78. The molecular weight excluding hydrogens is 881 g/mol. The van der Waals surface area contributed by atoms with Crippen LogP contribution in [-0.2, 0) is 0 Å². The second-order valence-corrected chi connectivity index (χ2v) is 18.4. The Labute approximate surface area is 412 Å². The van der Waals surface area contributed by atoms with Gasteiger partial charge in [-0.2, -0.15) is 0 Å². The van der Waals surface area contributed by atoms with Crippen LogP contribution in [0.4, 0.5) is 0 Å². The lowest BCUT2D eigenvalue weighted by molar-refractivity contribution is 0.622. The molecule has 0 atom stereocenters. The summed E-state index contributed by atoms with van der Waals surface area (Å²) in [6.45, 7) is 0. The molecule has 0 fully saturated rings. The lowest BCUT2D eigenvalue weighted by Gasteiger charge is -2.16. The molecule has 3 aromatic heterocycles. The number of furan rings is 1. The van der Waals surface area contributed by atoms with E-state index in [9.17, 15) is 0 Å². The number of fused-ring (bicyclic) bond motifs is 10. The summed E-state index contributed by atoms with van der Waals surface area (Å²) in [6, 6.07) is 80.7. The second kappa shape index (κ2) is 15.9. The van der Waals surface area contributed by atoms with E-state index >= 15 is 0 Å². The molecule has 0 aliphatic heterocycles. The number of hydrogen-bond acceptors (Lipinski definition) is 6. The molecule has 15 aromatic rings. The lowest BCUT2D eigenvalue weighted by atomic mass is 9.90. The normalized spacial score (nSPS) is 11.9. The largest absolute Gasteiger partial charge is 0.456 e. The maximum absolute atomic E-state index is 6.57. The van der Waals surface area contributed by atoms with Gasteiger partial charge in [0.25, 0.3) is 0 Å². The van der Waals surface area contributed by atoms with E-state index in [-0.39, 0.29) is 0 Å². The second-order valence-electron chi connectivity index (χ2n) is 18.4. The van der Waals surface area contributed by atoms with Crippen LogP contribution in [0.25, 0.3) is 155 Å². The highest BCUT2D eigenvalue weighted by molar-refractivity contribution is 6.23. The molecule has 0 N–H and O–H groups in total. The van der Waals surface area contributed by atoms with Gasteiger partial charge in [-0.15, -0.1) is 0 Å². The lowest BCUT2D eigenvalue weighted by Crippen LogP contribution is -2.02. The van der Waals surface area contributed by atoms with Gasteiger partial charge in [0.05, 0.1) is 5.39 Å². The third-order valence-electron chi connectivity index (χ3n) is 14.3. The SMILES string of the molecule is c1ccc(-c2nc3ccc4oc5cccc(-c6ccc(-c7ccc(-c8nc(-c9c%10ccccc%10cc%10ccccc9%10)nc(-c9c%10ccccc%10cc%10ccccc9%10)n8)cc7)c7ccccc67)c5c4c3o2)cc1. The standard InChI is InChI=1S/C66H38N4O2/c1-2-15-41(16-3-1)66-67-55-35-36-57-61(62(55)72-66)60-54(27-14-28-56(60)71-57)53-34-33-46(51-25-12-13-26-52(51)53)39-29-31-40(32-30-39)63-68-64(58-47-21-8-4-17-42(47)37-43-18-5-9-22-48(43)58)70-65(69-63)59-49-23-10-6-19-44(49)38-45-20-7-11-24-50(45)59/h1-38H. The molecule has 3 heterocycles. The van der Waals surface area contributed by atoms with Crippen molar-refractivity contribution >= 4 is 86.9 Å². The quantitative estimate of drug-likeness (QED) is 0.155. The summed E-state index contributed by atoms with van der Waals surface area (Å²) in [5, 5.41) is 13.1. The molecule has 0 spiro atoms. The van der Waals surface area contributed by atoms with Crippen molar-refractivity contribution in [3.05, 3.63) is 231 Å². The molecule has 15 rings (SSSR count). The first kappa shape index (κ1) is 40.1. The van der Waals surface area contributed by atoms with Gasteiger partial charge < -0.3 is 8.83 Å². The fraction of sp³-hybridized carbons (Fsp3) is 0. The van der Waals surface area contributed by atoms with Gasteiger partial charge in [0.2, 0.25) is 5.89 Å². The first-order valence-electron chi connectivity index (χ1n) is 24.2. The van der Waals surface area contributed by atoms with Crippen molar-refractivity contribution in [1.82, 2.24) is 19.9 Å². The van der Waals surface area contributed by atoms with Gasteiger partial charge in [0.15, 0.2) is 23.1 Å². The summed E-state index contributed by atoms with van der Waals surface area (Å²) in [6.07, 6.45) is 0. The Bertz CT molecular complexity index is 4440. The predicted molar refractivity (Wildman–Crippen MR) is 295 cm³/mol. The molecule has 6 nitrogen and oxygen atoms in total. The number of aromatic nitrogens is 4. The molecule has 72 heavy (non-hydrogen) atoms. The van der Waals surface area contributed by atoms with Gasteiger partial charge in [-0.05, 0) is 119 Å². The van der Waals surface area contributed by atoms with E-state index in [1.807, 2.05) is 48.5 Å². The van der Waals surface area contributed by atoms with E-state index in [1.54, 1.807) is 0 Å². The van der Waals surface area contributed by atoms with Gasteiger partial charge in [-0.1, -0.05) is 188 Å². The molecule has 12 aromatic carbocycles. The summed E-state index contributed by atoms with van der Waals surface area (Å²) >= 11 is 0. The van der Waals surface area contributed by atoms with Gasteiger partial charge >= 0.3 is 0 Å². The fourth-order valence-corrected chi connectivity index (χ4v) is 11.0. The van der Waals surface area contributed by atoms with E-state index in [2.05, 4.69) is 182 Å². The van der Waals surface area contributed by atoms with E-state index in [0.717, 1.165) is 126 Å². The molecule has 0 radical (unpaired) electrons. The van der Waals surface area contributed by atoms with Crippen molar-refractivity contribution in [1.29, 1.82) is 0 Å². The van der Waals surface area contributed by atoms with Crippen molar-refractivity contribution < 1.29 is 8.83 Å². The molecule has 0 aliphatic rings. The molecule has 0 aliphatic carbocycles. The maximum Gasteiger partial charge on any atom is 0.227 e. The van der Waals surface area contributed by atoms with Crippen LogP contribution in [0.15, 0.2) is 239 Å². The molecule has 0 saturated carbocycles. The van der Waals surface area contributed by atoms with Crippen LogP contribution in [0.2, 0.25) is 0 Å². The average Bonchev–Trinajstić information content (AvgIpc) is 4.06. The highest BCUT2D eigenvalue weighted by atomic mass is 16.4. The smallest absolute Gasteiger partial charge is 0.227 e. The Morgan fingerprint density at radius 2 is 0.764 bits per heavy atom. The first-order valence-corrected chi connectivity index (χ1v) is 24.2. The number of rotatable bonds is 6. The molecule has 0 saturated heterocycles. The van der Waals surface area contributed by atoms with E-state index < -0.39 is 0 Å². The molecule has 334 valence electrons. The first-order chi connectivity index (χ1) is 35.7. The number of benzene rings is 12. The molecule has 0 amide bonds. The van der Waals surface area contributed by atoms with Crippen LogP contribution in [0.1, 0.15) is 0 Å². The zero-order valence-corrected chi connectivity index (χ0v) is 38.5. The Morgan fingerprint density at radius 3 is 1.36 bits per heavy atom. The molecule has 6 heteroatoms. The monoisotopic (exact) mass is 918 g/mol. The van der Waals surface area contributed by atoms with Crippen molar-refractivity contribution in [3.63, 3.8) is 0 Å². The number of oxazole rings is 1. The Balaban J connectivity index is 0.893. The van der Waals surface area contributed by atoms with Gasteiger partial charge in [-0.25, -0.2) is 19.9 Å². The molecule has 0 unspecified atom stereocenters. The minimum atomic E-state index is 0.582. The van der Waals surface area contributed by atoms with Crippen LogP contribution < -0.4 is 0 Å². The van der Waals surface area contributed by atoms with Gasteiger partial charge in [0.1, 0.15) is 16.7 Å². The minimum absolute atomic E-state index is 0.582. The molecular formula is C66H38N4O2. The number of nitrogens with zero attached hydrogens (tertiary/aromatic N) is 4. The summed E-state index contributed by atoms with van der Waals surface area (Å²) in [5.74, 6) is 2.45. The topological polar surface area (TPSA) is 77.8 Å². The minimum Gasteiger partial charge on any atom is -0.456 e. The summed E-state index contributed by atoms with van der Waals surface area (Å²) in [4.78, 5) is 21.1. The van der Waals surface area contributed by atoms with Crippen molar-refractivity contribution in [2.75, 3.05) is 0 Å². The summed E-state index contributed by atoms with van der Waals surface area (Å²) < 4.78 is 13.1. The highest BCUT2D eigenvalue weighted by Crippen LogP contribution is 2.45. The van der Waals surface area contributed by atoms with Crippen LogP contribution in [-0.4, -0.2) is 19.9 Å². The highest BCUT2D eigenvalue weighted by Gasteiger charge is 2.23. The fourth-order valence-electron chi connectivity index (χ4n) is 11.0. The Morgan fingerprint density at radius 1 is 0.278 bits per heavy atom. The van der Waals surface area contributed by atoms with Gasteiger partial charge in [-0.3, -0.25) is 0 Å².